The molecule has 0 aromatic heterocycles. The van der Waals surface area contributed by atoms with Gasteiger partial charge in [-0.1, -0.05) is 19.8 Å². The third-order valence-electron chi connectivity index (χ3n) is 3.12. The summed E-state index contributed by atoms with van der Waals surface area (Å²) in [6.07, 6.45) is 4.16. The van der Waals surface area contributed by atoms with Crippen molar-refractivity contribution in [3.63, 3.8) is 0 Å². The maximum atomic E-state index is 11.4. The zero-order valence-electron chi connectivity index (χ0n) is 8.40. The van der Waals surface area contributed by atoms with E-state index in [9.17, 15) is 4.79 Å². The lowest BCUT2D eigenvalue weighted by atomic mass is 9.79. The van der Waals surface area contributed by atoms with Gasteiger partial charge in [0, 0.05) is 5.92 Å². The molecule has 0 saturated heterocycles. The van der Waals surface area contributed by atoms with Gasteiger partial charge in [0.15, 0.2) is 6.10 Å². The predicted molar refractivity (Wildman–Crippen MR) is 52.6 cm³/mol. The molecular formula is C10H16N2O2. The molecule has 1 aliphatic carbocycles. The van der Waals surface area contributed by atoms with Crippen LogP contribution in [0.3, 0.4) is 0 Å². The number of nitrogens with zero attached hydrogens (tertiary/aromatic N) is 1. The highest BCUT2D eigenvalue weighted by Gasteiger charge is 2.37. The van der Waals surface area contributed by atoms with Crippen molar-refractivity contribution in [3.05, 3.63) is 0 Å². The van der Waals surface area contributed by atoms with Gasteiger partial charge in [-0.05, 0) is 18.8 Å². The summed E-state index contributed by atoms with van der Waals surface area (Å²) in [5.74, 6) is 0.810. The average molecular weight is 196 g/mol. The highest BCUT2D eigenvalue weighted by atomic mass is 16.5. The van der Waals surface area contributed by atoms with Crippen LogP contribution in [0, 0.1) is 11.8 Å². The van der Waals surface area contributed by atoms with E-state index < -0.39 is 6.10 Å². The van der Waals surface area contributed by atoms with E-state index in [-0.39, 0.29) is 11.9 Å². The fourth-order valence-electron chi connectivity index (χ4n) is 2.43. The Labute approximate surface area is 83.5 Å². The molecule has 1 heterocycles. The second-order valence-corrected chi connectivity index (χ2v) is 4.36. The Morgan fingerprint density at radius 1 is 1.50 bits per heavy atom. The Balaban J connectivity index is 1.99. The van der Waals surface area contributed by atoms with E-state index >= 15 is 0 Å². The quantitative estimate of drug-likeness (QED) is 0.681. The van der Waals surface area contributed by atoms with Crippen molar-refractivity contribution in [2.45, 2.75) is 38.7 Å². The van der Waals surface area contributed by atoms with Crippen molar-refractivity contribution in [2.75, 3.05) is 0 Å². The zero-order chi connectivity index (χ0) is 10.1. The van der Waals surface area contributed by atoms with E-state index in [0.29, 0.717) is 11.8 Å². The molecule has 0 aromatic carbocycles. The molecule has 2 N–H and O–H groups in total. The molecular weight excluding hydrogens is 180 g/mol. The van der Waals surface area contributed by atoms with Gasteiger partial charge in [0.1, 0.15) is 0 Å². The molecule has 1 aliphatic heterocycles. The van der Waals surface area contributed by atoms with Crippen LogP contribution in [0.25, 0.3) is 0 Å². The first-order valence-electron chi connectivity index (χ1n) is 5.21. The number of hydrogen-bond donors (Lipinski definition) is 1. The summed E-state index contributed by atoms with van der Waals surface area (Å²) in [6, 6.07) is 0.0400. The van der Waals surface area contributed by atoms with Crippen LogP contribution in [0.5, 0.6) is 0 Å². The number of aliphatic imine (C=N–C) groups is 1. The fraction of sp³-hybridized carbons (Fsp3) is 0.800. The molecule has 2 rings (SSSR count). The maximum Gasteiger partial charge on any atom is 0.291 e. The van der Waals surface area contributed by atoms with Gasteiger partial charge in [-0.2, -0.15) is 4.99 Å². The fourth-order valence-corrected chi connectivity index (χ4v) is 2.43. The Morgan fingerprint density at radius 3 is 2.86 bits per heavy atom. The number of carbonyl (C=O) groups is 1. The molecule has 0 bridgehead atoms. The van der Waals surface area contributed by atoms with Crippen LogP contribution in [0.15, 0.2) is 4.99 Å². The normalized spacial score (nSPS) is 37.9. The smallest absolute Gasteiger partial charge is 0.291 e. The van der Waals surface area contributed by atoms with E-state index in [0.717, 1.165) is 12.8 Å². The number of hydrogen-bond acceptors (Lipinski definition) is 3. The Morgan fingerprint density at radius 2 is 2.29 bits per heavy atom. The number of ether oxygens (including phenoxy) is 1. The van der Waals surface area contributed by atoms with Crippen LogP contribution in [0.4, 0.5) is 0 Å². The minimum Gasteiger partial charge on any atom is -0.451 e. The molecule has 3 atom stereocenters. The third kappa shape index (κ3) is 1.74. The van der Waals surface area contributed by atoms with Crippen molar-refractivity contribution in [1.82, 2.24) is 0 Å². The minimum atomic E-state index is -0.391. The zero-order valence-corrected chi connectivity index (χ0v) is 8.40. The Kier molecular flexibility index (Phi) is 2.44. The van der Waals surface area contributed by atoms with Crippen molar-refractivity contribution in [1.29, 1.82) is 0 Å². The number of nitrogens with two attached hydrogens (primary N) is 1. The van der Waals surface area contributed by atoms with Gasteiger partial charge in [-0.15, -0.1) is 0 Å². The van der Waals surface area contributed by atoms with E-state index in [1.165, 1.54) is 12.8 Å². The molecule has 0 aromatic rings. The van der Waals surface area contributed by atoms with E-state index in [2.05, 4.69) is 11.9 Å². The van der Waals surface area contributed by atoms with Gasteiger partial charge < -0.3 is 10.5 Å². The lowest BCUT2D eigenvalue weighted by Crippen LogP contribution is -2.32. The van der Waals surface area contributed by atoms with Crippen LogP contribution < -0.4 is 5.73 Å². The summed E-state index contributed by atoms with van der Waals surface area (Å²) in [5.41, 5.74) is 5.36. The van der Waals surface area contributed by atoms with E-state index in [4.69, 9.17) is 10.5 Å². The SMILES string of the molecule is CC1CCCC(C2OC(N)=NC2=O)C1. The van der Waals surface area contributed by atoms with E-state index in [1.807, 2.05) is 0 Å². The second-order valence-electron chi connectivity index (χ2n) is 4.36. The summed E-state index contributed by atoms with van der Waals surface area (Å²) < 4.78 is 5.24. The summed E-state index contributed by atoms with van der Waals surface area (Å²) in [5, 5.41) is 0. The Bertz CT molecular complexity index is 275. The Hall–Kier alpha value is -1.06. The average Bonchev–Trinajstić information content (AvgIpc) is 2.45. The standard InChI is InChI=1S/C10H16N2O2/c1-6-3-2-4-7(5-6)8-9(13)12-10(11)14-8/h6-8H,2-5H2,1H3,(H2,11,12,13). The number of carbonyl (C=O) groups excluding carboxylic acids is 1. The van der Waals surface area contributed by atoms with Gasteiger partial charge in [0.05, 0.1) is 0 Å². The van der Waals surface area contributed by atoms with Crippen molar-refractivity contribution >= 4 is 11.9 Å². The molecule has 1 saturated carbocycles. The van der Waals surface area contributed by atoms with Crippen LogP contribution in [0.1, 0.15) is 32.6 Å². The van der Waals surface area contributed by atoms with Crippen molar-refractivity contribution < 1.29 is 9.53 Å². The van der Waals surface area contributed by atoms with Gasteiger partial charge >= 0.3 is 0 Å². The maximum absolute atomic E-state index is 11.4. The molecule has 78 valence electrons. The lowest BCUT2D eigenvalue weighted by Gasteiger charge is -2.29. The van der Waals surface area contributed by atoms with Crippen LogP contribution >= 0.6 is 0 Å². The second kappa shape index (κ2) is 3.59. The van der Waals surface area contributed by atoms with Gasteiger partial charge in [-0.3, -0.25) is 4.79 Å². The molecule has 4 nitrogen and oxygen atoms in total. The van der Waals surface area contributed by atoms with Gasteiger partial charge in [-0.25, -0.2) is 0 Å². The first kappa shape index (κ1) is 9.49. The molecule has 3 unspecified atom stereocenters. The summed E-state index contributed by atoms with van der Waals surface area (Å²) in [4.78, 5) is 15.0. The third-order valence-corrected chi connectivity index (χ3v) is 3.12. The topological polar surface area (TPSA) is 64.7 Å². The molecule has 2 aliphatic rings. The van der Waals surface area contributed by atoms with Gasteiger partial charge in [0.2, 0.25) is 0 Å². The molecule has 4 heteroatoms. The number of amides is 1. The molecule has 0 spiro atoms. The largest absolute Gasteiger partial charge is 0.451 e. The number of amidine groups is 1. The van der Waals surface area contributed by atoms with Crippen molar-refractivity contribution in [2.24, 2.45) is 22.6 Å². The minimum absolute atomic E-state index is 0.0400. The highest BCUT2D eigenvalue weighted by molar-refractivity contribution is 5.97. The lowest BCUT2D eigenvalue weighted by molar-refractivity contribution is -0.125. The van der Waals surface area contributed by atoms with Crippen molar-refractivity contribution in [3.8, 4) is 0 Å². The van der Waals surface area contributed by atoms with Crippen LogP contribution in [0.2, 0.25) is 0 Å². The van der Waals surface area contributed by atoms with Crippen LogP contribution in [-0.2, 0) is 9.53 Å². The monoisotopic (exact) mass is 196 g/mol. The predicted octanol–water partition coefficient (Wildman–Crippen LogP) is 1.05. The summed E-state index contributed by atoms with van der Waals surface area (Å²) in [6.45, 7) is 2.22. The summed E-state index contributed by atoms with van der Waals surface area (Å²) >= 11 is 0. The number of rotatable bonds is 1. The first-order chi connectivity index (χ1) is 6.66. The highest BCUT2D eigenvalue weighted by Crippen LogP contribution is 2.33. The molecule has 1 fully saturated rings. The molecule has 0 radical (unpaired) electrons. The first-order valence-corrected chi connectivity index (χ1v) is 5.21. The van der Waals surface area contributed by atoms with Crippen LogP contribution in [-0.4, -0.2) is 18.0 Å². The van der Waals surface area contributed by atoms with E-state index in [1.54, 1.807) is 0 Å². The van der Waals surface area contributed by atoms with Gasteiger partial charge in [0.25, 0.3) is 11.9 Å². The molecule has 14 heavy (non-hydrogen) atoms. The molecule has 1 amide bonds. The summed E-state index contributed by atoms with van der Waals surface area (Å²) in [7, 11) is 0.